The highest BCUT2D eigenvalue weighted by atomic mass is 16.5. The van der Waals surface area contributed by atoms with Gasteiger partial charge in [0.25, 0.3) is 5.91 Å². The largest absolute Gasteiger partial charge is 0.379 e. The van der Waals surface area contributed by atoms with Crippen LogP contribution in [0.15, 0.2) is 59.6 Å². The molecule has 0 radical (unpaired) electrons. The van der Waals surface area contributed by atoms with E-state index in [1.54, 1.807) is 30.9 Å². The lowest BCUT2D eigenvalue weighted by atomic mass is 10.2. The Kier molecular flexibility index (Phi) is 6.79. The number of amides is 1. The van der Waals surface area contributed by atoms with Crippen molar-refractivity contribution < 1.29 is 14.1 Å². The van der Waals surface area contributed by atoms with E-state index in [0.717, 1.165) is 50.4 Å². The Bertz CT molecular complexity index is 926. The van der Waals surface area contributed by atoms with Gasteiger partial charge in [-0.1, -0.05) is 5.16 Å². The molecule has 0 atom stereocenters. The molecule has 0 aliphatic carbocycles. The van der Waals surface area contributed by atoms with E-state index < -0.39 is 0 Å². The van der Waals surface area contributed by atoms with Crippen LogP contribution in [0.3, 0.4) is 0 Å². The zero-order chi connectivity index (χ0) is 20.6. The molecule has 1 amide bonds. The minimum Gasteiger partial charge on any atom is -0.379 e. The molecule has 1 aliphatic rings. The van der Waals surface area contributed by atoms with Gasteiger partial charge in [-0.05, 0) is 36.2 Å². The highest BCUT2D eigenvalue weighted by Gasteiger charge is 2.21. The Balaban J connectivity index is 1.45. The third kappa shape index (κ3) is 5.28. The van der Waals surface area contributed by atoms with Gasteiger partial charge in [0, 0.05) is 69.1 Å². The van der Waals surface area contributed by atoms with Crippen molar-refractivity contribution in [3.8, 4) is 11.3 Å². The fourth-order valence-electron chi connectivity index (χ4n) is 3.45. The SMILES string of the molecule is O=C(c1cc(-c2cccnc2)on1)N(CCCN1CCOCC1)Cc1ccncc1. The van der Waals surface area contributed by atoms with Crippen LogP contribution in [-0.4, -0.2) is 70.2 Å². The molecule has 4 rings (SSSR count). The van der Waals surface area contributed by atoms with Gasteiger partial charge in [0.05, 0.1) is 13.2 Å². The molecule has 0 saturated carbocycles. The number of pyridine rings is 2. The molecule has 0 aromatic carbocycles. The molecule has 3 aromatic rings. The average molecular weight is 407 g/mol. The second-order valence-electron chi connectivity index (χ2n) is 7.21. The smallest absolute Gasteiger partial charge is 0.276 e. The van der Waals surface area contributed by atoms with E-state index in [9.17, 15) is 4.79 Å². The minimum absolute atomic E-state index is 0.146. The Morgan fingerprint density at radius 3 is 2.70 bits per heavy atom. The monoisotopic (exact) mass is 407 g/mol. The molecule has 8 nitrogen and oxygen atoms in total. The Hall–Kier alpha value is -3.10. The summed E-state index contributed by atoms with van der Waals surface area (Å²) in [5.74, 6) is 0.385. The lowest BCUT2D eigenvalue weighted by molar-refractivity contribution is 0.0355. The summed E-state index contributed by atoms with van der Waals surface area (Å²) in [6, 6.07) is 9.22. The van der Waals surface area contributed by atoms with Crippen molar-refractivity contribution >= 4 is 5.91 Å². The fraction of sp³-hybridized carbons (Fsp3) is 0.364. The number of morpholine rings is 1. The van der Waals surface area contributed by atoms with E-state index in [1.165, 1.54) is 0 Å². The second kappa shape index (κ2) is 10.1. The summed E-state index contributed by atoms with van der Waals surface area (Å²) in [5.41, 5.74) is 2.12. The second-order valence-corrected chi connectivity index (χ2v) is 7.21. The van der Waals surface area contributed by atoms with Gasteiger partial charge in [-0.15, -0.1) is 0 Å². The third-order valence-electron chi connectivity index (χ3n) is 5.09. The van der Waals surface area contributed by atoms with Gasteiger partial charge in [-0.2, -0.15) is 0 Å². The molecule has 0 unspecified atom stereocenters. The highest BCUT2D eigenvalue weighted by Crippen LogP contribution is 2.20. The fourth-order valence-corrected chi connectivity index (χ4v) is 3.45. The van der Waals surface area contributed by atoms with Gasteiger partial charge in [-0.25, -0.2) is 0 Å². The van der Waals surface area contributed by atoms with Crippen molar-refractivity contribution in [3.63, 3.8) is 0 Å². The summed E-state index contributed by atoms with van der Waals surface area (Å²) in [6.45, 7) is 5.49. The maximum Gasteiger partial charge on any atom is 0.276 e. The van der Waals surface area contributed by atoms with Gasteiger partial charge >= 0.3 is 0 Å². The maximum absolute atomic E-state index is 13.2. The molecule has 1 aliphatic heterocycles. The molecule has 0 N–H and O–H groups in total. The van der Waals surface area contributed by atoms with Crippen LogP contribution in [0.1, 0.15) is 22.5 Å². The summed E-state index contributed by atoms with van der Waals surface area (Å²) >= 11 is 0. The Morgan fingerprint density at radius 1 is 1.10 bits per heavy atom. The number of aromatic nitrogens is 3. The van der Waals surface area contributed by atoms with Crippen molar-refractivity contribution in [2.75, 3.05) is 39.4 Å². The average Bonchev–Trinajstić information content (AvgIpc) is 3.30. The van der Waals surface area contributed by atoms with Crippen LogP contribution < -0.4 is 0 Å². The molecule has 1 saturated heterocycles. The maximum atomic E-state index is 13.2. The summed E-state index contributed by atoms with van der Waals surface area (Å²) in [4.78, 5) is 25.6. The van der Waals surface area contributed by atoms with Crippen molar-refractivity contribution in [1.82, 2.24) is 24.9 Å². The number of rotatable bonds is 8. The summed E-state index contributed by atoms with van der Waals surface area (Å²) < 4.78 is 10.8. The number of hydrogen-bond acceptors (Lipinski definition) is 7. The van der Waals surface area contributed by atoms with Crippen LogP contribution in [0.4, 0.5) is 0 Å². The normalized spacial score (nSPS) is 14.5. The van der Waals surface area contributed by atoms with Crippen LogP contribution >= 0.6 is 0 Å². The van der Waals surface area contributed by atoms with Crippen LogP contribution in [-0.2, 0) is 11.3 Å². The predicted octanol–water partition coefficient (Wildman–Crippen LogP) is 2.50. The number of carbonyl (C=O) groups is 1. The van der Waals surface area contributed by atoms with Crippen LogP contribution in [0.25, 0.3) is 11.3 Å². The van der Waals surface area contributed by atoms with Crippen LogP contribution in [0.2, 0.25) is 0 Å². The van der Waals surface area contributed by atoms with E-state index in [2.05, 4.69) is 20.0 Å². The van der Waals surface area contributed by atoms with Crippen molar-refractivity contribution in [2.45, 2.75) is 13.0 Å². The first kappa shape index (κ1) is 20.2. The summed E-state index contributed by atoms with van der Waals surface area (Å²) in [7, 11) is 0. The molecule has 4 heterocycles. The lowest BCUT2D eigenvalue weighted by Gasteiger charge is -2.28. The van der Waals surface area contributed by atoms with E-state index >= 15 is 0 Å². The number of nitrogens with zero attached hydrogens (tertiary/aromatic N) is 5. The van der Waals surface area contributed by atoms with Crippen molar-refractivity contribution in [2.24, 2.45) is 0 Å². The Morgan fingerprint density at radius 2 is 1.93 bits per heavy atom. The van der Waals surface area contributed by atoms with E-state index in [4.69, 9.17) is 9.26 Å². The van der Waals surface area contributed by atoms with Gasteiger partial charge in [0.2, 0.25) is 0 Å². The topological polar surface area (TPSA) is 84.6 Å². The number of hydrogen-bond donors (Lipinski definition) is 0. The van der Waals surface area contributed by atoms with Crippen molar-refractivity contribution in [1.29, 1.82) is 0 Å². The highest BCUT2D eigenvalue weighted by molar-refractivity contribution is 5.93. The molecule has 1 fully saturated rings. The van der Waals surface area contributed by atoms with Gasteiger partial charge < -0.3 is 14.2 Å². The first-order valence-corrected chi connectivity index (χ1v) is 10.1. The summed E-state index contributed by atoms with van der Waals surface area (Å²) in [5, 5.41) is 4.02. The number of carbonyl (C=O) groups excluding carboxylic acids is 1. The standard InChI is InChI=1S/C22H25N5O3/c28-22(20-15-21(30-25-20)19-3-1-6-24-16-19)27(17-18-4-7-23-8-5-18)10-2-9-26-11-13-29-14-12-26/h1,3-8,15-16H,2,9-14,17H2. The van der Waals surface area contributed by atoms with Gasteiger partial charge in [0.15, 0.2) is 11.5 Å². The first-order valence-electron chi connectivity index (χ1n) is 10.1. The van der Waals surface area contributed by atoms with Gasteiger partial charge in [0.1, 0.15) is 0 Å². The van der Waals surface area contributed by atoms with Gasteiger partial charge in [-0.3, -0.25) is 19.7 Å². The zero-order valence-corrected chi connectivity index (χ0v) is 16.8. The minimum atomic E-state index is -0.146. The quantitative estimate of drug-likeness (QED) is 0.567. The Labute approximate surface area is 175 Å². The molecular weight excluding hydrogens is 382 g/mol. The zero-order valence-electron chi connectivity index (χ0n) is 16.8. The first-order chi connectivity index (χ1) is 14.8. The van der Waals surface area contributed by atoms with Crippen LogP contribution in [0, 0.1) is 0 Å². The molecular formula is C22H25N5O3. The number of ether oxygens (including phenoxy) is 1. The van der Waals surface area contributed by atoms with E-state index in [0.29, 0.717) is 24.5 Å². The van der Waals surface area contributed by atoms with Crippen molar-refractivity contribution in [3.05, 3.63) is 66.4 Å². The molecule has 3 aromatic heterocycles. The molecule has 156 valence electrons. The predicted molar refractivity (Wildman–Crippen MR) is 111 cm³/mol. The third-order valence-corrected chi connectivity index (χ3v) is 5.09. The molecule has 0 bridgehead atoms. The molecule has 30 heavy (non-hydrogen) atoms. The van der Waals surface area contributed by atoms with E-state index in [1.807, 2.05) is 29.2 Å². The molecule has 8 heteroatoms. The summed E-state index contributed by atoms with van der Waals surface area (Å²) in [6.07, 6.45) is 7.73. The van der Waals surface area contributed by atoms with Crippen LogP contribution in [0.5, 0.6) is 0 Å². The lowest BCUT2D eigenvalue weighted by Crippen LogP contribution is -2.39. The molecule has 0 spiro atoms. The van der Waals surface area contributed by atoms with E-state index in [-0.39, 0.29) is 5.91 Å².